The van der Waals surface area contributed by atoms with Crippen LogP contribution in [0.3, 0.4) is 0 Å². The second-order valence-electron chi connectivity index (χ2n) is 5.10. The molecule has 4 heteroatoms. The number of carbonyl (C=O) groups is 1. The van der Waals surface area contributed by atoms with E-state index in [9.17, 15) is 4.79 Å². The van der Waals surface area contributed by atoms with Crippen molar-refractivity contribution in [3.05, 3.63) is 29.3 Å². The molecule has 0 heterocycles. The number of nitrogens with one attached hydrogen (secondary N) is 1. The highest BCUT2D eigenvalue weighted by atomic mass is 32.2. The maximum absolute atomic E-state index is 12.3. The second kappa shape index (κ2) is 6.33. The molecule has 0 bridgehead atoms. The Kier molecular flexibility index (Phi) is 4.75. The largest absolute Gasteiger partial charge is 0.398 e. The minimum absolute atomic E-state index is 0.0252. The lowest BCUT2D eigenvalue weighted by atomic mass is 10.1. The highest BCUT2D eigenvalue weighted by Gasteiger charge is 2.26. The zero-order valence-corrected chi connectivity index (χ0v) is 12.4. The fourth-order valence-corrected chi connectivity index (χ4v) is 3.86. The molecule has 1 aromatic carbocycles. The van der Waals surface area contributed by atoms with Crippen molar-refractivity contribution in [2.45, 2.75) is 44.4 Å². The molecule has 3 N–H and O–H groups in total. The monoisotopic (exact) mass is 278 g/mol. The molecule has 19 heavy (non-hydrogen) atoms. The zero-order valence-electron chi connectivity index (χ0n) is 11.6. The minimum Gasteiger partial charge on any atom is -0.398 e. The molecule has 1 saturated carbocycles. The standard InChI is InChI=1S/C15H22N2OS/c1-3-19-12-8-7-11(9-12)17-15(18)14-10(2)5-4-6-13(14)16/h4-6,11-12H,3,7-9,16H2,1-2H3,(H,17,18). The van der Waals surface area contributed by atoms with Gasteiger partial charge in [0, 0.05) is 17.0 Å². The van der Waals surface area contributed by atoms with Crippen molar-refractivity contribution >= 4 is 23.4 Å². The van der Waals surface area contributed by atoms with Gasteiger partial charge in [-0.05, 0) is 43.6 Å². The summed E-state index contributed by atoms with van der Waals surface area (Å²) in [6.07, 6.45) is 3.36. The molecule has 2 atom stereocenters. The number of thioether (sulfide) groups is 1. The van der Waals surface area contributed by atoms with E-state index >= 15 is 0 Å². The van der Waals surface area contributed by atoms with E-state index in [4.69, 9.17) is 5.73 Å². The fourth-order valence-electron chi connectivity index (χ4n) is 2.72. The van der Waals surface area contributed by atoms with E-state index in [1.54, 1.807) is 6.07 Å². The quantitative estimate of drug-likeness (QED) is 0.833. The number of benzene rings is 1. The summed E-state index contributed by atoms with van der Waals surface area (Å²) in [6, 6.07) is 5.89. The molecule has 1 aliphatic carbocycles. The summed E-state index contributed by atoms with van der Waals surface area (Å²) in [5.41, 5.74) is 8.04. The van der Waals surface area contributed by atoms with Gasteiger partial charge in [0.15, 0.2) is 0 Å². The molecule has 1 aliphatic rings. The van der Waals surface area contributed by atoms with Gasteiger partial charge in [-0.1, -0.05) is 19.1 Å². The summed E-state index contributed by atoms with van der Waals surface area (Å²) in [6.45, 7) is 4.11. The summed E-state index contributed by atoms with van der Waals surface area (Å²) in [5.74, 6) is 1.12. The summed E-state index contributed by atoms with van der Waals surface area (Å²) in [7, 11) is 0. The lowest BCUT2D eigenvalue weighted by Gasteiger charge is -2.15. The first-order valence-corrected chi connectivity index (χ1v) is 7.94. The Morgan fingerprint density at radius 2 is 2.26 bits per heavy atom. The van der Waals surface area contributed by atoms with Crippen LogP contribution in [0.5, 0.6) is 0 Å². The van der Waals surface area contributed by atoms with E-state index in [1.807, 2.05) is 30.8 Å². The van der Waals surface area contributed by atoms with Crippen LogP contribution in [0.15, 0.2) is 18.2 Å². The van der Waals surface area contributed by atoms with Crippen molar-refractivity contribution in [1.82, 2.24) is 5.32 Å². The molecule has 1 fully saturated rings. The molecule has 0 saturated heterocycles. The Hall–Kier alpha value is -1.16. The first kappa shape index (κ1) is 14.3. The molecule has 0 aliphatic heterocycles. The van der Waals surface area contributed by atoms with E-state index in [2.05, 4.69) is 12.2 Å². The number of rotatable bonds is 4. The molecule has 0 aromatic heterocycles. The van der Waals surface area contributed by atoms with Crippen LogP contribution in [0.25, 0.3) is 0 Å². The fraction of sp³-hybridized carbons (Fsp3) is 0.533. The van der Waals surface area contributed by atoms with Crippen molar-refractivity contribution in [1.29, 1.82) is 0 Å². The zero-order chi connectivity index (χ0) is 13.8. The Balaban J connectivity index is 1.99. The SMILES string of the molecule is CCSC1CCC(NC(=O)c2c(C)cccc2N)C1. The molecule has 0 spiro atoms. The molecule has 0 radical (unpaired) electrons. The molecule has 104 valence electrons. The number of nitrogen functional groups attached to an aromatic ring is 1. The Morgan fingerprint density at radius 3 is 2.95 bits per heavy atom. The summed E-state index contributed by atoms with van der Waals surface area (Å²) < 4.78 is 0. The third-order valence-electron chi connectivity index (χ3n) is 3.65. The maximum atomic E-state index is 12.3. The van der Waals surface area contributed by atoms with Gasteiger partial charge in [0.05, 0.1) is 5.56 Å². The van der Waals surface area contributed by atoms with Crippen LogP contribution in [-0.2, 0) is 0 Å². The van der Waals surface area contributed by atoms with Crippen LogP contribution >= 0.6 is 11.8 Å². The minimum atomic E-state index is -0.0252. The van der Waals surface area contributed by atoms with E-state index in [0.29, 0.717) is 22.5 Å². The number of hydrogen-bond donors (Lipinski definition) is 2. The van der Waals surface area contributed by atoms with Crippen molar-refractivity contribution in [3.8, 4) is 0 Å². The number of aryl methyl sites for hydroxylation is 1. The number of amides is 1. The molecule has 3 nitrogen and oxygen atoms in total. The van der Waals surface area contributed by atoms with Gasteiger partial charge in [-0.25, -0.2) is 0 Å². The van der Waals surface area contributed by atoms with Crippen LogP contribution in [0, 0.1) is 6.92 Å². The Bertz CT molecular complexity index is 441. The van der Waals surface area contributed by atoms with Gasteiger partial charge in [0.1, 0.15) is 0 Å². The first-order chi connectivity index (χ1) is 9.11. The van der Waals surface area contributed by atoms with Gasteiger partial charge in [-0.2, -0.15) is 11.8 Å². The highest BCUT2D eigenvalue weighted by molar-refractivity contribution is 7.99. The molecule has 2 rings (SSSR count). The van der Waals surface area contributed by atoms with Crippen LogP contribution in [0.2, 0.25) is 0 Å². The molecule has 1 aromatic rings. The van der Waals surface area contributed by atoms with Gasteiger partial charge in [-0.3, -0.25) is 4.79 Å². The number of anilines is 1. The van der Waals surface area contributed by atoms with Gasteiger partial charge in [0.2, 0.25) is 0 Å². The van der Waals surface area contributed by atoms with E-state index in [-0.39, 0.29) is 5.91 Å². The van der Waals surface area contributed by atoms with E-state index in [0.717, 1.165) is 24.2 Å². The molecular formula is C15H22N2OS. The number of hydrogen-bond acceptors (Lipinski definition) is 3. The average Bonchev–Trinajstić information content (AvgIpc) is 2.77. The molecule has 2 unspecified atom stereocenters. The topological polar surface area (TPSA) is 55.1 Å². The third-order valence-corrected chi connectivity index (χ3v) is 4.89. The highest BCUT2D eigenvalue weighted by Crippen LogP contribution is 2.30. The first-order valence-electron chi connectivity index (χ1n) is 6.89. The van der Waals surface area contributed by atoms with Gasteiger partial charge in [-0.15, -0.1) is 0 Å². The van der Waals surface area contributed by atoms with Crippen LogP contribution < -0.4 is 11.1 Å². The van der Waals surface area contributed by atoms with Crippen molar-refractivity contribution in [3.63, 3.8) is 0 Å². The predicted octanol–water partition coefficient (Wildman–Crippen LogP) is 2.98. The second-order valence-corrected chi connectivity index (χ2v) is 6.68. The Labute approximate surface area is 119 Å². The number of carbonyl (C=O) groups excluding carboxylic acids is 1. The summed E-state index contributed by atoms with van der Waals surface area (Å²) in [4.78, 5) is 12.3. The summed E-state index contributed by atoms with van der Waals surface area (Å²) in [5, 5.41) is 3.83. The average molecular weight is 278 g/mol. The van der Waals surface area contributed by atoms with Crippen LogP contribution in [0.1, 0.15) is 42.1 Å². The predicted molar refractivity (Wildman–Crippen MR) is 82.6 cm³/mol. The van der Waals surface area contributed by atoms with Gasteiger partial charge >= 0.3 is 0 Å². The summed E-state index contributed by atoms with van der Waals surface area (Å²) >= 11 is 2.00. The molecule has 1 amide bonds. The van der Waals surface area contributed by atoms with Crippen LogP contribution in [0.4, 0.5) is 5.69 Å². The smallest absolute Gasteiger partial charge is 0.253 e. The number of nitrogens with two attached hydrogens (primary N) is 1. The normalized spacial score (nSPS) is 22.4. The lowest BCUT2D eigenvalue weighted by molar-refractivity contribution is 0.0938. The van der Waals surface area contributed by atoms with Crippen molar-refractivity contribution in [2.24, 2.45) is 0 Å². The Morgan fingerprint density at radius 1 is 1.47 bits per heavy atom. The lowest BCUT2D eigenvalue weighted by Crippen LogP contribution is -2.34. The van der Waals surface area contributed by atoms with E-state index in [1.165, 1.54) is 6.42 Å². The van der Waals surface area contributed by atoms with Crippen molar-refractivity contribution < 1.29 is 4.79 Å². The van der Waals surface area contributed by atoms with Crippen molar-refractivity contribution in [2.75, 3.05) is 11.5 Å². The third kappa shape index (κ3) is 3.44. The maximum Gasteiger partial charge on any atom is 0.253 e. The van der Waals surface area contributed by atoms with Gasteiger partial charge < -0.3 is 11.1 Å². The van der Waals surface area contributed by atoms with Gasteiger partial charge in [0.25, 0.3) is 5.91 Å². The molecular weight excluding hydrogens is 256 g/mol. The van der Waals surface area contributed by atoms with Crippen LogP contribution in [-0.4, -0.2) is 23.0 Å². The van der Waals surface area contributed by atoms with E-state index < -0.39 is 0 Å².